The van der Waals surface area contributed by atoms with Crippen molar-refractivity contribution in [2.75, 3.05) is 6.54 Å². The van der Waals surface area contributed by atoms with Crippen molar-refractivity contribution >= 4 is 21.4 Å². The Bertz CT molecular complexity index is 808. The number of nitrogens with one attached hydrogen (secondary N) is 2. The first-order valence-corrected chi connectivity index (χ1v) is 9.53. The number of sulfonamides is 1. The van der Waals surface area contributed by atoms with Gasteiger partial charge in [0.05, 0.1) is 9.77 Å². The van der Waals surface area contributed by atoms with E-state index in [0.717, 1.165) is 17.4 Å². The van der Waals surface area contributed by atoms with Gasteiger partial charge in [-0.3, -0.25) is 5.10 Å². The van der Waals surface area contributed by atoms with E-state index in [-0.39, 0.29) is 10.6 Å². The Balaban J connectivity index is 2.25. The fraction of sp³-hybridized carbons (Fsp3) is 0.500. The molecular formula is C14H18F3N3O2S2. The summed E-state index contributed by atoms with van der Waals surface area (Å²) in [6.07, 6.45) is -3.82. The lowest BCUT2D eigenvalue weighted by Crippen LogP contribution is -2.25. The summed E-state index contributed by atoms with van der Waals surface area (Å²) in [6, 6.07) is 2.22. The van der Waals surface area contributed by atoms with Gasteiger partial charge in [0.15, 0.2) is 0 Å². The molecule has 5 nitrogen and oxygen atoms in total. The minimum atomic E-state index is -4.52. The lowest BCUT2D eigenvalue weighted by atomic mass is 10.1. The van der Waals surface area contributed by atoms with Crippen LogP contribution in [-0.4, -0.2) is 25.2 Å². The van der Waals surface area contributed by atoms with Crippen LogP contribution in [0.5, 0.6) is 0 Å². The third-order valence-electron chi connectivity index (χ3n) is 3.31. The summed E-state index contributed by atoms with van der Waals surface area (Å²) in [7, 11) is -3.70. The number of nitrogens with zero attached hydrogens (tertiary/aromatic N) is 1. The van der Waals surface area contributed by atoms with Gasteiger partial charge in [-0.25, -0.2) is 13.1 Å². The maximum atomic E-state index is 12.6. The number of halogens is 3. The highest BCUT2D eigenvalue weighted by Crippen LogP contribution is 2.35. The lowest BCUT2D eigenvalue weighted by Gasteiger charge is -2.07. The molecule has 2 N–H and O–H groups in total. The molecule has 0 spiro atoms. The van der Waals surface area contributed by atoms with E-state index < -0.39 is 21.9 Å². The summed E-state index contributed by atoms with van der Waals surface area (Å²) in [6.45, 7) is 5.89. The van der Waals surface area contributed by atoms with Crippen molar-refractivity contribution in [2.45, 2.75) is 38.3 Å². The van der Waals surface area contributed by atoms with E-state index in [1.54, 1.807) is 6.92 Å². The van der Waals surface area contributed by atoms with E-state index in [2.05, 4.69) is 9.82 Å². The zero-order valence-corrected chi connectivity index (χ0v) is 15.0. The van der Waals surface area contributed by atoms with Gasteiger partial charge in [-0.1, -0.05) is 13.8 Å². The minimum Gasteiger partial charge on any atom is -0.273 e. The molecule has 0 fully saturated rings. The van der Waals surface area contributed by atoms with Gasteiger partial charge in [0, 0.05) is 11.4 Å². The van der Waals surface area contributed by atoms with Gasteiger partial charge in [-0.2, -0.15) is 18.3 Å². The molecule has 0 saturated carbocycles. The Labute approximate surface area is 142 Å². The molecule has 0 radical (unpaired) electrons. The van der Waals surface area contributed by atoms with Crippen molar-refractivity contribution in [1.29, 1.82) is 0 Å². The van der Waals surface area contributed by atoms with Gasteiger partial charge < -0.3 is 0 Å². The van der Waals surface area contributed by atoms with Crippen molar-refractivity contribution < 1.29 is 21.6 Å². The van der Waals surface area contributed by atoms with Crippen LogP contribution in [0.25, 0.3) is 10.6 Å². The van der Waals surface area contributed by atoms with Gasteiger partial charge in [-0.15, -0.1) is 11.3 Å². The molecule has 0 aliphatic rings. The predicted molar refractivity (Wildman–Crippen MR) is 86.3 cm³/mol. The van der Waals surface area contributed by atoms with Crippen LogP contribution in [-0.2, 0) is 16.2 Å². The molecule has 0 aromatic carbocycles. The van der Waals surface area contributed by atoms with E-state index in [0.29, 0.717) is 28.6 Å². The molecule has 24 heavy (non-hydrogen) atoms. The average molecular weight is 381 g/mol. The molecule has 0 saturated heterocycles. The lowest BCUT2D eigenvalue weighted by molar-refractivity contribution is -0.141. The van der Waals surface area contributed by atoms with E-state index in [4.69, 9.17) is 0 Å². The number of aromatic amines is 1. The van der Waals surface area contributed by atoms with Gasteiger partial charge in [-0.05, 0) is 31.4 Å². The Morgan fingerprint density at radius 2 is 2.00 bits per heavy atom. The normalized spacial score (nSPS) is 13.0. The van der Waals surface area contributed by atoms with E-state index in [1.807, 2.05) is 18.9 Å². The summed E-state index contributed by atoms with van der Waals surface area (Å²) in [5.41, 5.74) is -0.901. The highest BCUT2D eigenvalue weighted by molar-refractivity contribution is 7.89. The number of rotatable bonds is 6. The van der Waals surface area contributed by atoms with Gasteiger partial charge >= 0.3 is 6.18 Å². The number of aromatic nitrogens is 2. The monoisotopic (exact) mass is 381 g/mol. The summed E-state index contributed by atoms with van der Waals surface area (Å²) >= 11 is 1.09. The number of H-pyrrole nitrogens is 1. The molecule has 0 amide bonds. The zero-order valence-electron chi connectivity index (χ0n) is 13.4. The van der Waals surface area contributed by atoms with Crippen LogP contribution in [0, 0.1) is 12.8 Å². The molecule has 0 bridgehead atoms. The molecule has 2 heterocycles. The molecule has 0 aliphatic carbocycles. The summed E-state index contributed by atoms with van der Waals surface area (Å²) in [4.78, 5) is 0.935. The van der Waals surface area contributed by atoms with Crippen LogP contribution < -0.4 is 4.72 Å². The van der Waals surface area contributed by atoms with Crippen LogP contribution >= 0.6 is 11.3 Å². The van der Waals surface area contributed by atoms with E-state index in [1.165, 1.54) is 6.07 Å². The molecule has 134 valence electrons. The number of thiophene rings is 1. The van der Waals surface area contributed by atoms with Gasteiger partial charge in [0.25, 0.3) is 0 Å². The van der Waals surface area contributed by atoms with Crippen LogP contribution in [0.3, 0.4) is 0 Å². The molecule has 10 heteroatoms. The number of hydrogen-bond acceptors (Lipinski definition) is 4. The van der Waals surface area contributed by atoms with Crippen molar-refractivity contribution in [3.63, 3.8) is 0 Å². The van der Waals surface area contributed by atoms with Gasteiger partial charge in [0.2, 0.25) is 10.0 Å². The van der Waals surface area contributed by atoms with Crippen molar-refractivity contribution in [1.82, 2.24) is 14.9 Å². The molecule has 0 atom stereocenters. The zero-order chi connectivity index (χ0) is 18.1. The van der Waals surface area contributed by atoms with Crippen molar-refractivity contribution in [3.8, 4) is 10.6 Å². The van der Waals surface area contributed by atoms with Crippen molar-refractivity contribution in [3.05, 3.63) is 22.7 Å². The summed E-state index contributed by atoms with van der Waals surface area (Å²) < 4.78 is 65.0. The van der Waals surface area contributed by atoms with Gasteiger partial charge in [0.1, 0.15) is 11.4 Å². The summed E-state index contributed by atoms with van der Waals surface area (Å²) in [5.74, 6) is 0.358. The molecular weight excluding hydrogens is 363 g/mol. The number of alkyl halides is 3. The van der Waals surface area contributed by atoms with E-state index >= 15 is 0 Å². The quantitative estimate of drug-likeness (QED) is 0.799. The minimum absolute atomic E-state index is 0.0686. The van der Waals surface area contributed by atoms with Crippen molar-refractivity contribution in [2.24, 2.45) is 5.92 Å². The Morgan fingerprint density at radius 1 is 1.33 bits per heavy atom. The van der Waals surface area contributed by atoms with Crippen LogP contribution in [0.4, 0.5) is 13.2 Å². The average Bonchev–Trinajstić information content (AvgIpc) is 3.03. The second-order valence-electron chi connectivity index (χ2n) is 5.78. The Hall–Kier alpha value is -1.39. The van der Waals surface area contributed by atoms with Crippen LogP contribution in [0.2, 0.25) is 0 Å². The highest BCUT2D eigenvalue weighted by atomic mass is 32.2. The SMILES string of the molecule is Cc1sc(-c2cc(C(F)(F)F)[nH]n2)cc1S(=O)(=O)NCCC(C)C. The maximum absolute atomic E-state index is 12.6. The second-order valence-corrected chi connectivity index (χ2v) is 8.77. The predicted octanol–water partition coefficient (Wildman–Crippen LogP) is 3.79. The smallest absolute Gasteiger partial charge is 0.273 e. The largest absolute Gasteiger partial charge is 0.432 e. The first-order chi connectivity index (χ1) is 11.0. The first-order valence-electron chi connectivity index (χ1n) is 7.24. The molecule has 0 unspecified atom stereocenters. The third kappa shape index (κ3) is 4.37. The van der Waals surface area contributed by atoms with Crippen LogP contribution in [0.15, 0.2) is 17.0 Å². The summed E-state index contributed by atoms with van der Waals surface area (Å²) in [5, 5.41) is 5.55. The van der Waals surface area contributed by atoms with Crippen LogP contribution in [0.1, 0.15) is 30.8 Å². The molecule has 0 aliphatic heterocycles. The number of hydrogen-bond donors (Lipinski definition) is 2. The fourth-order valence-corrected chi connectivity index (χ4v) is 4.61. The highest BCUT2D eigenvalue weighted by Gasteiger charge is 2.33. The standard InChI is InChI=1S/C14H18F3N3O2S2/c1-8(2)4-5-18-24(21,22)12-7-11(23-9(12)3)10-6-13(20-19-10)14(15,16)17/h6-8,18H,4-5H2,1-3H3,(H,19,20). The Kier molecular flexibility index (Phi) is 5.41. The molecule has 2 rings (SSSR count). The third-order valence-corrected chi connectivity index (χ3v) is 6.10. The maximum Gasteiger partial charge on any atom is 0.432 e. The molecule has 2 aromatic heterocycles. The molecule has 2 aromatic rings. The van der Waals surface area contributed by atoms with E-state index in [9.17, 15) is 21.6 Å². The first kappa shape index (κ1) is 18.9. The Morgan fingerprint density at radius 3 is 2.54 bits per heavy atom. The number of aryl methyl sites for hydroxylation is 1. The topological polar surface area (TPSA) is 74.8 Å². The fourth-order valence-electron chi connectivity index (χ4n) is 2.01. The second kappa shape index (κ2) is 6.85.